The SMILES string of the molecule is CN=C(NCCc1ccc(OC)c(OC)c1OC)N(C)Cc1cc(Cl)cn1C. The van der Waals surface area contributed by atoms with Crippen molar-refractivity contribution in [1.82, 2.24) is 14.8 Å². The maximum absolute atomic E-state index is 6.07. The number of aromatic nitrogens is 1. The van der Waals surface area contributed by atoms with Crippen LogP contribution in [0.15, 0.2) is 29.4 Å². The van der Waals surface area contributed by atoms with E-state index in [1.54, 1.807) is 28.4 Å². The van der Waals surface area contributed by atoms with Gasteiger partial charge in [0, 0.05) is 45.1 Å². The van der Waals surface area contributed by atoms with E-state index in [9.17, 15) is 0 Å². The van der Waals surface area contributed by atoms with Crippen LogP contribution in [0.2, 0.25) is 5.02 Å². The molecule has 28 heavy (non-hydrogen) atoms. The Labute approximate surface area is 171 Å². The second-order valence-corrected chi connectivity index (χ2v) is 6.77. The normalized spacial score (nSPS) is 11.3. The van der Waals surface area contributed by atoms with E-state index in [0.717, 1.165) is 28.7 Å². The lowest BCUT2D eigenvalue weighted by Crippen LogP contribution is -2.39. The lowest BCUT2D eigenvalue weighted by atomic mass is 10.1. The number of hydrogen-bond donors (Lipinski definition) is 1. The molecule has 0 spiro atoms. The van der Waals surface area contributed by atoms with Crippen molar-refractivity contribution in [2.75, 3.05) is 42.0 Å². The summed E-state index contributed by atoms with van der Waals surface area (Å²) in [5.74, 6) is 2.74. The quantitative estimate of drug-likeness (QED) is 0.537. The molecule has 0 aliphatic heterocycles. The lowest BCUT2D eigenvalue weighted by Gasteiger charge is -2.22. The first-order valence-electron chi connectivity index (χ1n) is 8.95. The highest BCUT2D eigenvalue weighted by atomic mass is 35.5. The molecular formula is C20H29ClN4O3. The molecule has 0 amide bonds. The van der Waals surface area contributed by atoms with Crippen LogP contribution >= 0.6 is 11.6 Å². The Morgan fingerprint density at radius 3 is 2.43 bits per heavy atom. The third-order valence-corrected chi connectivity index (χ3v) is 4.72. The number of guanidine groups is 1. The molecule has 0 saturated carbocycles. The molecule has 7 nitrogen and oxygen atoms in total. The molecule has 0 unspecified atom stereocenters. The van der Waals surface area contributed by atoms with Crippen LogP contribution in [0.25, 0.3) is 0 Å². The van der Waals surface area contributed by atoms with Gasteiger partial charge in [-0.25, -0.2) is 0 Å². The molecule has 0 aliphatic carbocycles. The Kier molecular flexibility index (Phi) is 7.87. The van der Waals surface area contributed by atoms with E-state index in [0.29, 0.717) is 30.3 Å². The summed E-state index contributed by atoms with van der Waals surface area (Å²) in [7, 11) is 10.6. The zero-order chi connectivity index (χ0) is 20.7. The third-order valence-electron chi connectivity index (χ3n) is 4.51. The molecule has 1 N–H and O–H groups in total. The molecule has 154 valence electrons. The van der Waals surface area contributed by atoms with Gasteiger partial charge in [0.05, 0.1) is 32.9 Å². The van der Waals surface area contributed by atoms with Gasteiger partial charge in [-0.3, -0.25) is 4.99 Å². The van der Waals surface area contributed by atoms with E-state index in [2.05, 4.69) is 15.2 Å². The Morgan fingerprint density at radius 2 is 1.89 bits per heavy atom. The topological polar surface area (TPSA) is 60.3 Å². The predicted octanol–water partition coefficient (Wildman–Crippen LogP) is 2.95. The van der Waals surface area contributed by atoms with Crippen LogP contribution in [-0.4, -0.2) is 57.4 Å². The van der Waals surface area contributed by atoms with E-state index in [1.165, 1.54) is 0 Å². The molecule has 0 saturated heterocycles. The van der Waals surface area contributed by atoms with Gasteiger partial charge in [-0.2, -0.15) is 0 Å². The summed E-state index contributed by atoms with van der Waals surface area (Å²) in [6, 6.07) is 5.83. The van der Waals surface area contributed by atoms with Crippen molar-refractivity contribution >= 4 is 17.6 Å². The summed E-state index contributed by atoms with van der Waals surface area (Å²) in [6.45, 7) is 1.39. The molecular weight excluding hydrogens is 380 g/mol. The molecule has 1 aromatic carbocycles. The van der Waals surface area contributed by atoms with E-state index in [-0.39, 0.29) is 0 Å². The molecule has 8 heteroatoms. The van der Waals surface area contributed by atoms with Crippen molar-refractivity contribution < 1.29 is 14.2 Å². The van der Waals surface area contributed by atoms with E-state index < -0.39 is 0 Å². The number of nitrogens with zero attached hydrogens (tertiary/aromatic N) is 3. The van der Waals surface area contributed by atoms with Crippen LogP contribution in [0.1, 0.15) is 11.3 Å². The maximum Gasteiger partial charge on any atom is 0.203 e. The van der Waals surface area contributed by atoms with Crippen LogP contribution < -0.4 is 19.5 Å². The number of nitrogens with one attached hydrogen (secondary N) is 1. The zero-order valence-electron chi connectivity index (χ0n) is 17.4. The number of methoxy groups -OCH3 is 3. The monoisotopic (exact) mass is 408 g/mol. The largest absolute Gasteiger partial charge is 0.493 e. The smallest absolute Gasteiger partial charge is 0.203 e. The maximum atomic E-state index is 6.07. The van der Waals surface area contributed by atoms with Gasteiger partial charge in [0.1, 0.15) is 0 Å². The standard InChI is InChI=1S/C20H29ClN4O3/c1-22-20(25(3)13-16-11-15(21)12-24(16)2)23-10-9-14-7-8-17(26-4)19(28-6)18(14)27-5/h7-8,11-12H,9-10,13H2,1-6H3,(H,22,23). The van der Waals surface area contributed by atoms with Crippen LogP contribution in [-0.2, 0) is 20.0 Å². The first-order valence-corrected chi connectivity index (χ1v) is 9.33. The average molecular weight is 409 g/mol. The minimum absolute atomic E-state index is 0.601. The molecule has 0 aliphatic rings. The van der Waals surface area contributed by atoms with E-state index in [1.807, 2.05) is 43.1 Å². The van der Waals surface area contributed by atoms with Crippen LogP contribution in [0.3, 0.4) is 0 Å². The number of hydrogen-bond acceptors (Lipinski definition) is 4. The zero-order valence-corrected chi connectivity index (χ0v) is 18.1. The third kappa shape index (κ3) is 5.04. The number of ether oxygens (including phenoxy) is 3. The fraction of sp³-hybridized carbons (Fsp3) is 0.450. The highest BCUT2D eigenvalue weighted by Gasteiger charge is 2.16. The summed E-state index contributed by atoms with van der Waals surface area (Å²) in [5.41, 5.74) is 2.14. The Hall–Kier alpha value is -2.54. The van der Waals surface area contributed by atoms with Crippen molar-refractivity contribution in [3.05, 3.63) is 40.7 Å². The first-order chi connectivity index (χ1) is 13.4. The summed E-state index contributed by atoms with van der Waals surface area (Å²) >= 11 is 6.07. The minimum Gasteiger partial charge on any atom is -0.493 e. The number of aryl methyl sites for hydroxylation is 1. The number of aliphatic imine (C=N–C) groups is 1. The molecule has 1 aromatic heterocycles. The fourth-order valence-electron chi connectivity index (χ4n) is 3.09. The van der Waals surface area contributed by atoms with Crippen LogP contribution in [0.5, 0.6) is 17.2 Å². The minimum atomic E-state index is 0.601. The number of rotatable bonds is 8. The average Bonchev–Trinajstić information content (AvgIpc) is 3.00. The second kappa shape index (κ2) is 10.1. The van der Waals surface area contributed by atoms with Gasteiger partial charge in [0.2, 0.25) is 5.75 Å². The van der Waals surface area contributed by atoms with Gasteiger partial charge in [-0.15, -0.1) is 0 Å². The van der Waals surface area contributed by atoms with Crippen LogP contribution in [0, 0.1) is 0 Å². The molecule has 0 fully saturated rings. The summed E-state index contributed by atoms with van der Waals surface area (Å²) in [4.78, 5) is 6.42. The summed E-state index contributed by atoms with van der Waals surface area (Å²) in [6.07, 6.45) is 2.64. The fourth-order valence-corrected chi connectivity index (χ4v) is 3.37. The molecule has 0 bridgehead atoms. The van der Waals surface area contributed by atoms with Gasteiger partial charge in [-0.05, 0) is 18.6 Å². The van der Waals surface area contributed by atoms with Crippen molar-refractivity contribution in [2.24, 2.45) is 12.0 Å². The summed E-state index contributed by atoms with van der Waals surface area (Å²) < 4.78 is 18.3. The molecule has 2 rings (SSSR count). The Balaban J connectivity index is 2.02. The van der Waals surface area contributed by atoms with Gasteiger partial charge in [0.25, 0.3) is 0 Å². The van der Waals surface area contributed by atoms with Crippen molar-refractivity contribution in [2.45, 2.75) is 13.0 Å². The molecule has 1 heterocycles. The Morgan fingerprint density at radius 1 is 1.18 bits per heavy atom. The second-order valence-electron chi connectivity index (χ2n) is 6.33. The van der Waals surface area contributed by atoms with E-state index in [4.69, 9.17) is 25.8 Å². The van der Waals surface area contributed by atoms with Crippen molar-refractivity contribution in [3.8, 4) is 17.2 Å². The van der Waals surface area contributed by atoms with Gasteiger partial charge in [0.15, 0.2) is 17.5 Å². The first kappa shape index (κ1) is 21.8. The van der Waals surface area contributed by atoms with Crippen molar-refractivity contribution in [1.29, 1.82) is 0 Å². The van der Waals surface area contributed by atoms with Gasteiger partial charge < -0.3 is 29.0 Å². The van der Waals surface area contributed by atoms with Gasteiger partial charge >= 0.3 is 0 Å². The summed E-state index contributed by atoms with van der Waals surface area (Å²) in [5, 5.41) is 4.12. The number of benzene rings is 1. The number of halogens is 1. The molecule has 2 aromatic rings. The van der Waals surface area contributed by atoms with Gasteiger partial charge in [-0.1, -0.05) is 17.7 Å². The molecule has 0 radical (unpaired) electrons. The highest BCUT2D eigenvalue weighted by molar-refractivity contribution is 6.30. The van der Waals surface area contributed by atoms with Crippen LogP contribution in [0.4, 0.5) is 0 Å². The Bertz CT molecular complexity index is 820. The predicted molar refractivity (Wildman–Crippen MR) is 113 cm³/mol. The highest BCUT2D eigenvalue weighted by Crippen LogP contribution is 2.39. The van der Waals surface area contributed by atoms with E-state index >= 15 is 0 Å². The van der Waals surface area contributed by atoms with Crippen molar-refractivity contribution in [3.63, 3.8) is 0 Å². The lowest BCUT2D eigenvalue weighted by molar-refractivity contribution is 0.322. The molecule has 0 atom stereocenters.